The molecule has 0 saturated carbocycles. The van der Waals surface area contributed by atoms with E-state index in [1.165, 1.54) is 4.90 Å². The van der Waals surface area contributed by atoms with E-state index < -0.39 is 28.7 Å². The van der Waals surface area contributed by atoms with E-state index in [4.69, 9.17) is 11.6 Å². The highest BCUT2D eigenvalue weighted by Crippen LogP contribution is 2.67. The number of aryl methyl sites for hydroxylation is 1. The zero-order chi connectivity index (χ0) is 26.4. The summed E-state index contributed by atoms with van der Waals surface area (Å²) in [5.74, 6) is -1.72. The molecule has 3 aliphatic heterocycles. The first-order valence-electron chi connectivity index (χ1n) is 12.3. The Morgan fingerprint density at radius 2 is 2.00 bits per heavy atom. The van der Waals surface area contributed by atoms with E-state index >= 15 is 0 Å². The molecule has 1 aromatic carbocycles. The molecule has 6 atom stereocenters. The lowest BCUT2D eigenvalue weighted by Crippen LogP contribution is -2.57. The second-order valence-corrected chi connectivity index (χ2v) is 12.0. The van der Waals surface area contributed by atoms with Gasteiger partial charge in [0.2, 0.25) is 11.8 Å². The maximum atomic E-state index is 14.5. The molecule has 1 aromatic rings. The predicted molar refractivity (Wildman–Crippen MR) is 144 cm³/mol. The van der Waals surface area contributed by atoms with Gasteiger partial charge in [-0.15, -0.1) is 24.9 Å². The number of likely N-dealkylation sites (N-methyl/N-ethyl adjacent to an activating group) is 1. The molecule has 194 valence electrons. The van der Waals surface area contributed by atoms with Gasteiger partial charge in [-0.05, 0) is 38.3 Å². The van der Waals surface area contributed by atoms with Gasteiger partial charge in [0, 0.05) is 25.4 Å². The molecule has 0 aliphatic carbocycles. The summed E-state index contributed by atoms with van der Waals surface area (Å²) < 4.78 is -0.744. The van der Waals surface area contributed by atoms with E-state index in [1.54, 1.807) is 53.8 Å². The third-order valence-corrected chi connectivity index (χ3v) is 10.1. The minimum atomic E-state index is -0.828. The van der Waals surface area contributed by atoms with Crippen molar-refractivity contribution in [3.8, 4) is 0 Å². The number of hydrogen-bond donors (Lipinski definition) is 1. The number of thioether (sulfide) groups is 1. The number of hydrogen-bond acceptors (Lipinski definition) is 5. The third kappa shape index (κ3) is 3.98. The Labute approximate surface area is 222 Å². The van der Waals surface area contributed by atoms with Crippen LogP contribution in [0.3, 0.4) is 0 Å². The summed E-state index contributed by atoms with van der Waals surface area (Å²) in [7, 11) is 1.72. The number of amides is 3. The number of benzene rings is 1. The van der Waals surface area contributed by atoms with E-state index in [0.29, 0.717) is 23.7 Å². The third-order valence-electron chi connectivity index (χ3n) is 7.81. The number of nitrogens with zero attached hydrogens (tertiary/aromatic N) is 3. The Bertz CT molecular complexity index is 1080. The molecule has 3 aliphatic rings. The molecule has 1 N–H and O–H groups in total. The highest BCUT2D eigenvalue weighted by Gasteiger charge is 2.74. The maximum absolute atomic E-state index is 14.5. The molecule has 3 heterocycles. The maximum Gasteiger partial charge on any atom is 0.251 e. The number of halogens is 1. The molecule has 3 saturated heterocycles. The molecule has 4 rings (SSSR count). The summed E-state index contributed by atoms with van der Waals surface area (Å²) in [6, 6.07) is 4.05. The van der Waals surface area contributed by atoms with Crippen molar-refractivity contribution in [1.82, 2.24) is 9.80 Å². The first-order chi connectivity index (χ1) is 17.1. The van der Waals surface area contributed by atoms with Gasteiger partial charge in [-0.1, -0.05) is 35.9 Å². The fourth-order valence-corrected chi connectivity index (χ4v) is 8.80. The van der Waals surface area contributed by atoms with Crippen LogP contribution in [-0.4, -0.2) is 81.5 Å². The number of likely N-dealkylation sites (tertiary alicyclic amines) is 1. The molecule has 0 aromatic heterocycles. The van der Waals surface area contributed by atoms with Crippen LogP contribution >= 0.6 is 23.4 Å². The van der Waals surface area contributed by atoms with Gasteiger partial charge in [-0.25, -0.2) is 0 Å². The summed E-state index contributed by atoms with van der Waals surface area (Å²) in [6.45, 7) is 11.5. The molecular weight excluding hydrogens is 498 g/mol. The second-order valence-electron chi connectivity index (χ2n) is 9.98. The molecule has 36 heavy (non-hydrogen) atoms. The Balaban J connectivity index is 1.82. The van der Waals surface area contributed by atoms with Crippen molar-refractivity contribution in [2.24, 2.45) is 11.8 Å². The number of carbonyl (C=O) groups is 3. The van der Waals surface area contributed by atoms with Crippen molar-refractivity contribution in [2.45, 2.75) is 48.8 Å². The fraction of sp³-hybridized carbons (Fsp3) is 0.519. The van der Waals surface area contributed by atoms with E-state index in [0.717, 1.165) is 12.0 Å². The largest absolute Gasteiger partial charge is 0.394 e. The van der Waals surface area contributed by atoms with Crippen LogP contribution in [0.4, 0.5) is 5.69 Å². The summed E-state index contributed by atoms with van der Waals surface area (Å²) in [4.78, 5) is 46.7. The summed E-state index contributed by atoms with van der Waals surface area (Å²) in [5, 5.41) is 10.5. The zero-order valence-electron chi connectivity index (χ0n) is 21.0. The van der Waals surface area contributed by atoms with E-state index in [-0.39, 0.29) is 36.1 Å². The predicted octanol–water partition coefficient (Wildman–Crippen LogP) is 3.28. The smallest absolute Gasteiger partial charge is 0.251 e. The summed E-state index contributed by atoms with van der Waals surface area (Å²) >= 11 is 8.18. The second kappa shape index (κ2) is 10.2. The van der Waals surface area contributed by atoms with Crippen molar-refractivity contribution in [1.29, 1.82) is 0 Å². The quantitative estimate of drug-likeness (QED) is 0.495. The van der Waals surface area contributed by atoms with Crippen molar-refractivity contribution in [2.75, 3.05) is 31.6 Å². The average molecular weight is 532 g/mol. The van der Waals surface area contributed by atoms with Crippen LogP contribution in [0.5, 0.6) is 0 Å². The molecule has 2 unspecified atom stereocenters. The van der Waals surface area contributed by atoms with E-state index in [2.05, 4.69) is 13.2 Å². The Kier molecular flexibility index (Phi) is 7.60. The fourth-order valence-electron chi connectivity index (χ4n) is 6.29. The minimum absolute atomic E-state index is 0.0319. The average Bonchev–Trinajstić information content (AvgIpc) is 3.49. The Morgan fingerprint density at radius 3 is 2.61 bits per heavy atom. The highest BCUT2D eigenvalue weighted by atomic mass is 35.5. The highest BCUT2D eigenvalue weighted by molar-refractivity contribution is 8.02. The van der Waals surface area contributed by atoms with Crippen LogP contribution in [-0.2, 0) is 14.4 Å². The molecule has 9 heteroatoms. The van der Waals surface area contributed by atoms with Gasteiger partial charge >= 0.3 is 0 Å². The Morgan fingerprint density at radius 1 is 1.31 bits per heavy atom. The minimum Gasteiger partial charge on any atom is -0.394 e. The summed E-state index contributed by atoms with van der Waals surface area (Å²) in [6.07, 6.45) is 4.71. The van der Waals surface area contributed by atoms with Gasteiger partial charge in [0.25, 0.3) is 5.91 Å². The number of aliphatic hydroxyl groups excluding tert-OH is 1. The van der Waals surface area contributed by atoms with Crippen LogP contribution in [0.2, 0.25) is 5.02 Å². The number of aliphatic hydroxyl groups is 1. The normalized spacial score (nSPS) is 29.1. The summed E-state index contributed by atoms with van der Waals surface area (Å²) in [5.41, 5.74) is 1.42. The number of fused-ring (bicyclic) bond motifs is 1. The van der Waals surface area contributed by atoms with Gasteiger partial charge in [-0.3, -0.25) is 14.4 Å². The molecule has 1 spiro atoms. The topological polar surface area (TPSA) is 81.2 Å². The number of carbonyl (C=O) groups excluding carboxylic acids is 3. The first kappa shape index (κ1) is 26.8. The van der Waals surface area contributed by atoms with E-state index in [1.807, 2.05) is 19.1 Å². The lowest BCUT2D eigenvalue weighted by molar-refractivity contribution is -0.144. The number of rotatable bonds is 9. The van der Waals surface area contributed by atoms with Crippen molar-refractivity contribution in [3.05, 3.63) is 54.1 Å². The molecule has 2 bridgehead atoms. The van der Waals surface area contributed by atoms with Crippen LogP contribution in [0.25, 0.3) is 0 Å². The van der Waals surface area contributed by atoms with Crippen LogP contribution in [0.1, 0.15) is 25.3 Å². The van der Waals surface area contributed by atoms with Gasteiger partial charge in [0.15, 0.2) is 0 Å². The lowest BCUT2D eigenvalue weighted by Gasteiger charge is -2.39. The monoisotopic (exact) mass is 531 g/mol. The molecule has 0 radical (unpaired) electrons. The first-order valence-corrected chi connectivity index (χ1v) is 13.5. The molecule has 7 nitrogen and oxygen atoms in total. The SMILES string of the molecule is C=CCN(C)C(=O)[C@@H]1[C@H]2C(=O)N([C@H](C)CO)C(C(=O)N(CC=C)c3c(C)cccc3Cl)C23CC[C@H]1S3. The molecule has 3 amide bonds. The lowest BCUT2D eigenvalue weighted by atomic mass is 9.70. The van der Waals surface area contributed by atoms with Crippen LogP contribution in [0.15, 0.2) is 43.5 Å². The van der Waals surface area contributed by atoms with Crippen LogP contribution in [0, 0.1) is 18.8 Å². The van der Waals surface area contributed by atoms with Gasteiger partial charge in [0.05, 0.1) is 39.9 Å². The van der Waals surface area contributed by atoms with Crippen molar-refractivity contribution >= 4 is 46.8 Å². The standard InChI is InChI=1S/C27H34ClN3O4S/c1-6-13-29(5)24(33)20-19-11-12-27(36-19)21(20)25(34)31(17(4)15-32)23(27)26(35)30(14-7-2)22-16(3)9-8-10-18(22)28/h6-10,17,19-21,23,32H,1-2,11-15H2,3-5H3/t17-,19-,20+,21+,23?,27?/m1/s1. The van der Waals surface area contributed by atoms with Crippen molar-refractivity contribution < 1.29 is 19.5 Å². The number of anilines is 1. The van der Waals surface area contributed by atoms with Gasteiger partial charge < -0.3 is 19.8 Å². The number of para-hydroxylation sites is 1. The Hall–Kier alpha value is -2.29. The van der Waals surface area contributed by atoms with Crippen molar-refractivity contribution in [3.63, 3.8) is 0 Å². The van der Waals surface area contributed by atoms with E-state index in [9.17, 15) is 19.5 Å². The van der Waals surface area contributed by atoms with Gasteiger partial charge in [0.1, 0.15) is 6.04 Å². The molecular formula is C27H34ClN3O4S. The van der Waals surface area contributed by atoms with Crippen LogP contribution < -0.4 is 4.90 Å². The zero-order valence-corrected chi connectivity index (χ0v) is 22.6. The van der Waals surface area contributed by atoms with Gasteiger partial charge in [-0.2, -0.15) is 0 Å². The molecule has 3 fully saturated rings.